The lowest BCUT2D eigenvalue weighted by Gasteiger charge is -2.33. The molecule has 2 aromatic rings. The molecule has 3 aliphatic rings. The van der Waals surface area contributed by atoms with E-state index in [1.54, 1.807) is 12.1 Å². The van der Waals surface area contributed by atoms with Gasteiger partial charge in [-0.1, -0.05) is 44.2 Å². The molecule has 2 bridgehead atoms. The van der Waals surface area contributed by atoms with Crippen molar-refractivity contribution in [1.29, 1.82) is 0 Å². The van der Waals surface area contributed by atoms with Gasteiger partial charge in [0.2, 0.25) is 10.0 Å². The molecular weight excluding hydrogens is 548 g/mol. The van der Waals surface area contributed by atoms with Gasteiger partial charge in [0.25, 0.3) is 0 Å². The van der Waals surface area contributed by atoms with Gasteiger partial charge in [-0.2, -0.15) is 4.31 Å². The molecule has 41 heavy (non-hydrogen) atoms. The number of amides is 1. The number of benzene rings is 2. The van der Waals surface area contributed by atoms with Crippen LogP contribution < -0.4 is 10.1 Å². The van der Waals surface area contributed by atoms with E-state index in [0.717, 1.165) is 12.0 Å². The average Bonchev–Trinajstić information content (AvgIpc) is 3.51. The van der Waals surface area contributed by atoms with Crippen LogP contribution in [0.4, 0.5) is 4.79 Å². The van der Waals surface area contributed by atoms with Gasteiger partial charge in [-0.3, -0.25) is 0 Å². The van der Waals surface area contributed by atoms with Gasteiger partial charge in [0.1, 0.15) is 11.9 Å². The van der Waals surface area contributed by atoms with Gasteiger partial charge in [-0.25, -0.2) is 13.2 Å². The second kappa shape index (κ2) is 12.7. The first kappa shape index (κ1) is 29.8. The molecule has 0 radical (unpaired) electrons. The summed E-state index contributed by atoms with van der Waals surface area (Å²) in [4.78, 5) is 13.3. The van der Waals surface area contributed by atoms with Gasteiger partial charge in [-0.05, 0) is 60.9 Å². The molecule has 2 N–H and O–H groups in total. The summed E-state index contributed by atoms with van der Waals surface area (Å²) < 4.78 is 51.2. The average molecular weight is 589 g/mol. The van der Waals surface area contributed by atoms with E-state index >= 15 is 0 Å². The summed E-state index contributed by atoms with van der Waals surface area (Å²) >= 11 is 0. The van der Waals surface area contributed by atoms with E-state index in [0.29, 0.717) is 37.0 Å². The summed E-state index contributed by atoms with van der Waals surface area (Å²) in [5.74, 6) is 1.20. The zero-order chi connectivity index (χ0) is 29.1. The molecule has 3 fully saturated rings. The number of fused-ring (bicyclic) bond motifs is 1. The molecule has 2 aliphatic heterocycles. The van der Waals surface area contributed by atoms with E-state index in [4.69, 9.17) is 18.9 Å². The van der Waals surface area contributed by atoms with E-state index in [1.165, 1.54) is 23.5 Å². The molecule has 2 aromatic carbocycles. The number of hydrogen-bond donors (Lipinski definition) is 2. The minimum atomic E-state index is -3.94. The first-order chi connectivity index (χ1) is 19.6. The Morgan fingerprint density at radius 2 is 1.83 bits per heavy atom. The number of hydrogen-bond acceptors (Lipinski definition) is 8. The van der Waals surface area contributed by atoms with Crippen molar-refractivity contribution in [2.24, 2.45) is 17.8 Å². The molecule has 0 spiro atoms. The highest BCUT2D eigenvalue weighted by Crippen LogP contribution is 2.47. The Morgan fingerprint density at radius 3 is 2.51 bits per heavy atom. The van der Waals surface area contributed by atoms with Crippen LogP contribution in [-0.2, 0) is 30.7 Å². The maximum Gasteiger partial charge on any atom is 0.407 e. The first-order valence-electron chi connectivity index (χ1n) is 14.2. The van der Waals surface area contributed by atoms with Crippen LogP contribution in [0.15, 0.2) is 59.5 Å². The monoisotopic (exact) mass is 588 g/mol. The van der Waals surface area contributed by atoms with Gasteiger partial charge < -0.3 is 29.4 Å². The molecule has 224 valence electrons. The van der Waals surface area contributed by atoms with Crippen molar-refractivity contribution in [3.63, 3.8) is 0 Å². The number of alkyl carbamates (subject to hydrolysis) is 1. The third-order valence-electron chi connectivity index (χ3n) is 8.17. The summed E-state index contributed by atoms with van der Waals surface area (Å²) in [6, 6.07) is 14.8. The summed E-state index contributed by atoms with van der Waals surface area (Å²) in [7, 11) is -2.43. The Hall–Kier alpha value is -2.70. The minimum Gasteiger partial charge on any atom is -0.497 e. The van der Waals surface area contributed by atoms with Crippen molar-refractivity contribution < 1.29 is 37.3 Å². The number of ether oxygens (including phenoxy) is 4. The number of nitrogens with zero attached hydrogens (tertiary/aromatic N) is 1. The van der Waals surface area contributed by atoms with E-state index in [2.05, 4.69) is 5.32 Å². The molecule has 1 amide bonds. The van der Waals surface area contributed by atoms with Crippen molar-refractivity contribution in [2.45, 2.75) is 68.6 Å². The Labute approximate surface area is 242 Å². The van der Waals surface area contributed by atoms with Gasteiger partial charge in [0.05, 0.1) is 36.9 Å². The lowest BCUT2D eigenvalue weighted by Crippen LogP contribution is -2.52. The quantitative estimate of drug-likeness (QED) is 0.388. The van der Waals surface area contributed by atoms with Crippen LogP contribution in [0, 0.1) is 17.8 Å². The molecule has 2 heterocycles. The van der Waals surface area contributed by atoms with Crippen molar-refractivity contribution in [3.05, 3.63) is 60.2 Å². The number of carbonyl (C=O) groups excluding carboxylic acids is 1. The lowest BCUT2D eigenvalue weighted by atomic mass is 9.80. The molecule has 2 saturated heterocycles. The summed E-state index contributed by atoms with van der Waals surface area (Å²) in [6.45, 7) is 4.42. The maximum absolute atomic E-state index is 13.6. The van der Waals surface area contributed by atoms with Crippen LogP contribution in [0.25, 0.3) is 0 Å². The lowest BCUT2D eigenvalue weighted by molar-refractivity contribution is -0.147. The fraction of sp³-hybridized carbons (Fsp3) is 0.567. The fourth-order valence-corrected chi connectivity index (χ4v) is 7.69. The highest BCUT2D eigenvalue weighted by Gasteiger charge is 2.54. The number of rotatable bonds is 12. The van der Waals surface area contributed by atoms with E-state index in [-0.39, 0.29) is 36.3 Å². The molecule has 7 atom stereocenters. The molecule has 1 aliphatic carbocycles. The zero-order valence-electron chi connectivity index (χ0n) is 23.7. The Bertz CT molecular complexity index is 1270. The summed E-state index contributed by atoms with van der Waals surface area (Å²) in [6.07, 6.45) is -0.918. The number of sulfonamides is 1. The molecule has 0 aromatic heterocycles. The van der Waals surface area contributed by atoms with Crippen molar-refractivity contribution in [2.75, 3.05) is 26.8 Å². The largest absolute Gasteiger partial charge is 0.497 e. The summed E-state index contributed by atoms with van der Waals surface area (Å²) in [5, 5.41) is 14.3. The predicted octanol–water partition coefficient (Wildman–Crippen LogP) is 3.19. The van der Waals surface area contributed by atoms with Crippen molar-refractivity contribution >= 4 is 16.1 Å². The van der Waals surface area contributed by atoms with Crippen LogP contribution in [0.2, 0.25) is 0 Å². The number of nitrogens with one attached hydrogen (secondary N) is 1. The van der Waals surface area contributed by atoms with Crippen molar-refractivity contribution in [1.82, 2.24) is 9.62 Å². The van der Waals surface area contributed by atoms with Crippen LogP contribution in [-0.4, -0.2) is 81.4 Å². The van der Waals surface area contributed by atoms with Crippen LogP contribution in [0.1, 0.15) is 32.3 Å². The Kier molecular flexibility index (Phi) is 9.20. The molecule has 5 rings (SSSR count). The number of aliphatic hydroxyl groups is 1. The normalized spacial score (nSPS) is 26.6. The Balaban J connectivity index is 1.31. The molecule has 10 nitrogen and oxygen atoms in total. The maximum atomic E-state index is 13.6. The molecule has 1 saturated carbocycles. The number of carbonyl (C=O) groups is 1. The Morgan fingerprint density at radius 1 is 1.10 bits per heavy atom. The molecule has 4 unspecified atom stereocenters. The smallest absolute Gasteiger partial charge is 0.407 e. The van der Waals surface area contributed by atoms with E-state index in [1.807, 2.05) is 44.2 Å². The third kappa shape index (κ3) is 6.86. The predicted molar refractivity (Wildman–Crippen MR) is 151 cm³/mol. The SMILES string of the molecule is COc1ccc(S(=O)(=O)N(CC(C)C)C[C@@H](O)[C@H](Cc2ccccc2)NC(=O)O[C@H]2CC3COC4OC2CC34)cc1. The van der Waals surface area contributed by atoms with Crippen LogP contribution in [0.5, 0.6) is 5.75 Å². The highest BCUT2D eigenvalue weighted by atomic mass is 32.2. The van der Waals surface area contributed by atoms with Crippen molar-refractivity contribution in [3.8, 4) is 5.75 Å². The van der Waals surface area contributed by atoms with E-state index < -0.39 is 34.4 Å². The third-order valence-corrected chi connectivity index (χ3v) is 10.0. The highest BCUT2D eigenvalue weighted by molar-refractivity contribution is 7.89. The standard InChI is InChI=1S/C30H40N2O8S/c1-19(2)16-32(41(35,36)23-11-9-22(37-3)10-12-23)17-26(33)25(13-20-7-5-4-6-8-20)31-30(34)40-27-14-21-18-38-29-24(21)15-28(27)39-29/h4-12,19,21,24-29,33H,13-18H2,1-3H3,(H,31,34)/t21?,24?,25-,26+,27-,28?,29?/m0/s1. The molecule has 11 heteroatoms. The van der Waals surface area contributed by atoms with Gasteiger partial charge >= 0.3 is 6.09 Å². The number of aliphatic hydroxyl groups excluding tert-OH is 1. The fourth-order valence-electron chi connectivity index (χ4n) is 6.07. The van der Waals surface area contributed by atoms with Gasteiger partial charge in [0, 0.05) is 19.0 Å². The first-order valence-corrected chi connectivity index (χ1v) is 15.7. The zero-order valence-corrected chi connectivity index (χ0v) is 24.5. The molecular formula is C30H40N2O8S. The second-order valence-corrected chi connectivity index (χ2v) is 13.6. The minimum absolute atomic E-state index is 0.00146. The topological polar surface area (TPSA) is 124 Å². The van der Waals surface area contributed by atoms with Crippen LogP contribution in [0.3, 0.4) is 0 Å². The van der Waals surface area contributed by atoms with Crippen LogP contribution >= 0.6 is 0 Å². The van der Waals surface area contributed by atoms with Gasteiger partial charge in [0.15, 0.2) is 6.29 Å². The summed E-state index contributed by atoms with van der Waals surface area (Å²) in [5.41, 5.74) is 0.888. The second-order valence-electron chi connectivity index (χ2n) is 11.6. The van der Waals surface area contributed by atoms with E-state index in [9.17, 15) is 18.3 Å². The van der Waals surface area contributed by atoms with Gasteiger partial charge in [-0.15, -0.1) is 0 Å². The number of methoxy groups -OCH3 is 1.